The lowest BCUT2D eigenvalue weighted by atomic mass is 10.1. The van der Waals surface area contributed by atoms with Crippen LogP contribution in [0.2, 0.25) is 0 Å². The number of hydrogen-bond acceptors (Lipinski definition) is 7. The number of aliphatic carboxylic acids is 1. The number of carbonyl (C=O) groups is 5. The van der Waals surface area contributed by atoms with Crippen molar-refractivity contribution in [3.63, 3.8) is 0 Å². The maximum atomic E-state index is 12.4. The fourth-order valence-corrected chi connectivity index (χ4v) is 3.17. The number of carbonyl (C=O) groups excluding carboxylic acids is 4. The first-order valence-corrected chi connectivity index (χ1v) is 9.30. The zero-order valence-corrected chi connectivity index (χ0v) is 16.2. The fourth-order valence-electron chi connectivity index (χ4n) is 3.17. The molecule has 0 saturated carbocycles. The summed E-state index contributed by atoms with van der Waals surface area (Å²) in [5.74, 6) is -3.79. The Bertz CT molecular complexity index is 797. The molecule has 0 spiro atoms. The second-order valence-corrected chi connectivity index (χ2v) is 6.92. The van der Waals surface area contributed by atoms with E-state index in [9.17, 15) is 29.1 Å². The number of imidazole rings is 1. The van der Waals surface area contributed by atoms with Crippen molar-refractivity contribution in [3.8, 4) is 0 Å². The number of rotatable bonds is 10. The summed E-state index contributed by atoms with van der Waals surface area (Å²) in [5, 5.41) is 14.0. The summed E-state index contributed by atoms with van der Waals surface area (Å²) in [5.41, 5.74) is 11.2. The number of H-pyrrole nitrogens is 1. The van der Waals surface area contributed by atoms with E-state index in [-0.39, 0.29) is 12.8 Å². The quantitative estimate of drug-likeness (QED) is 0.225. The molecule has 1 aromatic rings. The molecule has 1 saturated heterocycles. The highest BCUT2D eigenvalue weighted by atomic mass is 16.4. The SMILES string of the molecule is NC(=O)CC(N)C(=O)N1CCCC1C(=O)NCC(=O)NC(Cc1cnc[nH]1)C(=O)O. The zero-order chi connectivity index (χ0) is 22.3. The van der Waals surface area contributed by atoms with E-state index in [4.69, 9.17) is 11.5 Å². The van der Waals surface area contributed by atoms with Crippen LogP contribution in [0, 0.1) is 0 Å². The Balaban J connectivity index is 1.87. The number of nitrogens with one attached hydrogen (secondary N) is 3. The number of primary amides is 1. The molecule has 2 rings (SSSR count). The maximum Gasteiger partial charge on any atom is 0.326 e. The Morgan fingerprint density at radius 1 is 1.33 bits per heavy atom. The molecular weight excluding hydrogens is 398 g/mol. The van der Waals surface area contributed by atoms with Gasteiger partial charge in [0.15, 0.2) is 0 Å². The Morgan fingerprint density at radius 2 is 2.07 bits per heavy atom. The normalized spacial score (nSPS) is 17.8. The highest BCUT2D eigenvalue weighted by Crippen LogP contribution is 2.18. The molecule has 3 unspecified atom stereocenters. The first-order valence-electron chi connectivity index (χ1n) is 9.30. The number of aromatic amines is 1. The molecule has 4 amide bonds. The van der Waals surface area contributed by atoms with Gasteiger partial charge >= 0.3 is 5.97 Å². The lowest BCUT2D eigenvalue weighted by Gasteiger charge is -2.26. The Morgan fingerprint density at radius 3 is 2.67 bits per heavy atom. The zero-order valence-electron chi connectivity index (χ0n) is 16.2. The lowest BCUT2D eigenvalue weighted by Crippen LogP contribution is -2.53. The van der Waals surface area contributed by atoms with Crippen LogP contribution in [0.3, 0.4) is 0 Å². The standard InChI is InChI=1S/C17H25N7O6/c18-10(5-13(19)25)16(28)24-3-1-2-12(24)15(27)21-7-14(26)23-11(17(29)30)4-9-6-20-8-22-9/h6,8,10-12H,1-5,7,18H2,(H2,19,25)(H,20,22)(H,21,27)(H,23,26)(H,29,30). The first kappa shape index (κ1) is 22.8. The van der Waals surface area contributed by atoms with E-state index in [0.717, 1.165) is 0 Å². The van der Waals surface area contributed by atoms with Crippen LogP contribution < -0.4 is 22.1 Å². The molecule has 2 heterocycles. The number of aromatic nitrogens is 2. The smallest absolute Gasteiger partial charge is 0.326 e. The van der Waals surface area contributed by atoms with Gasteiger partial charge < -0.3 is 37.1 Å². The van der Waals surface area contributed by atoms with Gasteiger partial charge in [-0.25, -0.2) is 9.78 Å². The van der Waals surface area contributed by atoms with Crippen molar-refractivity contribution in [1.82, 2.24) is 25.5 Å². The van der Waals surface area contributed by atoms with E-state index in [2.05, 4.69) is 20.6 Å². The molecule has 13 nitrogen and oxygen atoms in total. The molecule has 0 aromatic carbocycles. The third-order valence-corrected chi connectivity index (χ3v) is 4.61. The number of likely N-dealkylation sites (tertiary alicyclic amines) is 1. The monoisotopic (exact) mass is 423 g/mol. The number of carboxylic acids is 1. The van der Waals surface area contributed by atoms with Crippen LogP contribution in [-0.2, 0) is 30.4 Å². The van der Waals surface area contributed by atoms with Crippen LogP contribution in [0.5, 0.6) is 0 Å². The second-order valence-electron chi connectivity index (χ2n) is 6.92. The van der Waals surface area contributed by atoms with Gasteiger partial charge in [-0.3, -0.25) is 19.2 Å². The summed E-state index contributed by atoms with van der Waals surface area (Å²) in [7, 11) is 0. The van der Waals surface area contributed by atoms with Gasteiger partial charge in [-0.2, -0.15) is 0 Å². The van der Waals surface area contributed by atoms with E-state index < -0.39 is 54.3 Å². The van der Waals surface area contributed by atoms with Gasteiger partial charge in [0.1, 0.15) is 12.1 Å². The van der Waals surface area contributed by atoms with Crippen LogP contribution in [-0.4, -0.2) is 80.8 Å². The molecule has 0 bridgehead atoms. The van der Waals surface area contributed by atoms with E-state index in [1.165, 1.54) is 17.4 Å². The predicted octanol–water partition coefficient (Wildman–Crippen LogP) is -3.17. The molecule has 13 heteroatoms. The summed E-state index contributed by atoms with van der Waals surface area (Å²) in [6.07, 6.45) is 3.43. The number of amides is 4. The van der Waals surface area contributed by atoms with Crippen molar-refractivity contribution >= 4 is 29.6 Å². The van der Waals surface area contributed by atoms with Gasteiger partial charge in [-0.15, -0.1) is 0 Å². The van der Waals surface area contributed by atoms with Gasteiger partial charge in [0.05, 0.1) is 25.3 Å². The van der Waals surface area contributed by atoms with Gasteiger partial charge in [0.2, 0.25) is 23.6 Å². The largest absolute Gasteiger partial charge is 0.480 e. The van der Waals surface area contributed by atoms with E-state index in [0.29, 0.717) is 25.1 Å². The topological polar surface area (TPSA) is 214 Å². The Labute approximate surface area is 171 Å². The van der Waals surface area contributed by atoms with Crippen molar-refractivity contribution in [1.29, 1.82) is 0 Å². The van der Waals surface area contributed by atoms with Crippen molar-refractivity contribution in [2.24, 2.45) is 11.5 Å². The molecule has 0 aliphatic carbocycles. The number of hydrogen-bond donors (Lipinski definition) is 6. The van der Waals surface area contributed by atoms with Gasteiger partial charge in [0, 0.05) is 24.9 Å². The van der Waals surface area contributed by atoms with Crippen LogP contribution in [0.15, 0.2) is 12.5 Å². The highest BCUT2D eigenvalue weighted by Gasteiger charge is 2.36. The summed E-state index contributed by atoms with van der Waals surface area (Å²) >= 11 is 0. The molecule has 1 fully saturated rings. The molecule has 1 aliphatic rings. The first-order chi connectivity index (χ1) is 14.2. The molecule has 0 radical (unpaired) electrons. The molecule has 8 N–H and O–H groups in total. The molecular formula is C17H25N7O6. The molecule has 3 atom stereocenters. The van der Waals surface area contributed by atoms with Gasteiger partial charge in [-0.05, 0) is 12.8 Å². The average Bonchev–Trinajstić information content (AvgIpc) is 3.36. The van der Waals surface area contributed by atoms with Crippen molar-refractivity contribution in [2.45, 2.75) is 43.8 Å². The van der Waals surface area contributed by atoms with Crippen molar-refractivity contribution in [3.05, 3.63) is 18.2 Å². The average molecular weight is 423 g/mol. The number of nitrogens with two attached hydrogens (primary N) is 2. The van der Waals surface area contributed by atoms with E-state index >= 15 is 0 Å². The third kappa shape index (κ3) is 6.27. The minimum absolute atomic E-state index is 0.00231. The van der Waals surface area contributed by atoms with Crippen LogP contribution in [0.25, 0.3) is 0 Å². The summed E-state index contributed by atoms with van der Waals surface area (Å²) < 4.78 is 0. The molecule has 30 heavy (non-hydrogen) atoms. The van der Waals surface area contributed by atoms with Crippen molar-refractivity contribution in [2.75, 3.05) is 13.1 Å². The predicted molar refractivity (Wildman–Crippen MR) is 101 cm³/mol. The van der Waals surface area contributed by atoms with Crippen LogP contribution in [0.1, 0.15) is 25.0 Å². The van der Waals surface area contributed by atoms with Gasteiger partial charge in [0.25, 0.3) is 0 Å². The summed E-state index contributed by atoms with van der Waals surface area (Å²) in [6, 6.07) is -3.17. The van der Waals surface area contributed by atoms with E-state index in [1.807, 2.05) is 0 Å². The highest BCUT2D eigenvalue weighted by molar-refractivity contribution is 5.94. The molecule has 164 valence electrons. The molecule has 1 aromatic heterocycles. The fraction of sp³-hybridized carbons (Fsp3) is 0.529. The van der Waals surface area contributed by atoms with Gasteiger partial charge in [-0.1, -0.05) is 0 Å². The minimum Gasteiger partial charge on any atom is -0.480 e. The van der Waals surface area contributed by atoms with Crippen molar-refractivity contribution < 1.29 is 29.1 Å². The number of carboxylic acid groups (broad SMARTS) is 1. The number of nitrogens with zero attached hydrogens (tertiary/aromatic N) is 2. The van der Waals surface area contributed by atoms with Crippen LogP contribution in [0.4, 0.5) is 0 Å². The summed E-state index contributed by atoms with van der Waals surface area (Å²) in [6.45, 7) is -0.168. The summed E-state index contributed by atoms with van der Waals surface area (Å²) in [4.78, 5) is 67.0. The minimum atomic E-state index is -1.24. The third-order valence-electron chi connectivity index (χ3n) is 4.61. The Hall–Kier alpha value is -3.48. The lowest BCUT2D eigenvalue weighted by molar-refractivity contribution is -0.142. The maximum absolute atomic E-state index is 12.4. The van der Waals surface area contributed by atoms with E-state index in [1.54, 1.807) is 0 Å². The van der Waals surface area contributed by atoms with Crippen LogP contribution >= 0.6 is 0 Å². The Kier molecular flexibility index (Phi) is 7.86. The molecule has 1 aliphatic heterocycles. The second kappa shape index (κ2) is 10.3.